The van der Waals surface area contributed by atoms with Crippen LogP contribution in [0, 0.1) is 5.92 Å². The fourth-order valence-electron chi connectivity index (χ4n) is 2.76. The number of hydrogen-bond donors (Lipinski definition) is 1. The molecule has 1 atom stereocenters. The summed E-state index contributed by atoms with van der Waals surface area (Å²) in [4.78, 5) is 14.0. The first kappa shape index (κ1) is 23.9. The molecule has 2 aromatic rings. The highest BCUT2D eigenvalue weighted by atomic mass is 35.5. The number of rotatable bonds is 8. The fraction of sp³-hybridized carbons (Fsp3) is 0.471. The molecule has 0 bridgehead atoms. The summed E-state index contributed by atoms with van der Waals surface area (Å²) in [6, 6.07) is 3.19. The minimum atomic E-state index is -4.60. The van der Waals surface area contributed by atoms with Gasteiger partial charge in [0.05, 0.1) is 24.1 Å². The van der Waals surface area contributed by atoms with Crippen molar-refractivity contribution in [1.29, 1.82) is 0 Å². The van der Waals surface area contributed by atoms with Gasteiger partial charge in [0.2, 0.25) is 18.3 Å². The number of alkyl halides is 3. The molecule has 8 nitrogen and oxygen atoms in total. The van der Waals surface area contributed by atoms with Crippen LogP contribution in [0.5, 0.6) is 0 Å². The zero-order valence-electron chi connectivity index (χ0n) is 16.2. The fourth-order valence-corrected chi connectivity index (χ4v) is 4.61. The van der Waals surface area contributed by atoms with Crippen LogP contribution in [0.4, 0.5) is 18.9 Å². The number of carbonyl (C=O) groups is 1. The van der Waals surface area contributed by atoms with Gasteiger partial charge in [0.25, 0.3) is 0 Å². The molecule has 1 N–H and O–H groups in total. The zero-order chi connectivity index (χ0) is 22.7. The van der Waals surface area contributed by atoms with E-state index >= 15 is 0 Å². The molecular weight excluding hydrogens is 449 g/mol. The van der Waals surface area contributed by atoms with E-state index in [1.54, 1.807) is 19.1 Å². The maximum atomic E-state index is 12.8. The van der Waals surface area contributed by atoms with Gasteiger partial charge in [-0.25, -0.2) is 13.1 Å². The smallest absolute Gasteiger partial charge is 0.308 e. The summed E-state index contributed by atoms with van der Waals surface area (Å²) in [5.41, 5.74) is 0.650. The number of halogens is 4. The Morgan fingerprint density at radius 1 is 1.43 bits per heavy atom. The molecule has 0 aliphatic rings. The lowest BCUT2D eigenvalue weighted by atomic mass is 10.2. The Bertz CT molecular complexity index is 1010. The number of sulfone groups is 1. The number of anilines is 1. The molecule has 0 saturated heterocycles. The van der Waals surface area contributed by atoms with E-state index in [1.807, 2.05) is 0 Å². The zero-order valence-corrected chi connectivity index (χ0v) is 17.7. The Balaban J connectivity index is 2.20. The third-order valence-electron chi connectivity index (χ3n) is 4.18. The largest absolute Gasteiger partial charge is 0.390 e. The van der Waals surface area contributed by atoms with E-state index in [4.69, 9.17) is 11.6 Å². The standard InChI is InChI=1S/C17H21ClF3N4O4S/c1-3-24(16(26)12(2)11-30(28,29)8-6-17(19,20)21)14-10-25(22-15(14)18)13-5-4-7-23(27)9-13/h4-5,7,9-10,12,27H,3,6,8,11H2,1-2H3/q+1. The molecule has 2 heterocycles. The van der Waals surface area contributed by atoms with Gasteiger partial charge in [-0.2, -0.15) is 18.3 Å². The average molecular weight is 470 g/mol. The molecule has 0 aromatic carbocycles. The summed E-state index contributed by atoms with van der Waals surface area (Å²) >= 11 is 6.15. The second-order valence-corrected chi connectivity index (χ2v) is 9.24. The van der Waals surface area contributed by atoms with Crippen molar-refractivity contribution >= 4 is 33.0 Å². The third kappa shape index (κ3) is 6.33. The van der Waals surface area contributed by atoms with Gasteiger partial charge in [-0.05, 0) is 13.0 Å². The number of carbonyl (C=O) groups excluding carboxylic acids is 1. The van der Waals surface area contributed by atoms with Crippen molar-refractivity contribution in [1.82, 2.24) is 9.78 Å². The lowest BCUT2D eigenvalue weighted by molar-refractivity contribution is -0.904. The molecule has 0 aliphatic carbocycles. The Morgan fingerprint density at radius 2 is 2.10 bits per heavy atom. The third-order valence-corrected chi connectivity index (χ3v) is 6.28. The Morgan fingerprint density at radius 3 is 2.67 bits per heavy atom. The molecule has 2 rings (SSSR count). The van der Waals surface area contributed by atoms with Crippen LogP contribution in [0.25, 0.3) is 5.69 Å². The van der Waals surface area contributed by atoms with Crippen LogP contribution in [-0.2, 0) is 14.6 Å². The number of pyridine rings is 1. The second-order valence-electron chi connectivity index (χ2n) is 6.65. The molecule has 2 aromatic heterocycles. The first-order valence-corrected chi connectivity index (χ1v) is 11.1. The summed E-state index contributed by atoms with van der Waals surface area (Å²) in [6.45, 7) is 3.10. The molecule has 166 valence electrons. The number of nitrogens with zero attached hydrogens (tertiary/aromatic N) is 4. The van der Waals surface area contributed by atoms with Crippen molar-refractivity contribution < 1.29 is 36.3 Å². The van der Waals surface area contributed by atoms with Crippen LogP contribution in [-0.4, -0.2) is 53.5 Å². The van der Waals surface area contributed by atoms with E-state index in [2.05, 4.69) is 5.10 Å². The Hall–Kier alpha value is -2.34. The highest BCUT2D eigenvalue weighted by Gasteiger charge is 2.33. The van der Waals surface area contributed by atoms with E-state index < -0.39 is 45.8 Å². The molecule has 1 unspecified atom stereocenters. The number of aromatic nitrogens is 3. The van der Waals surface area contributed by atoms with Crippen LogP contribution >= 0.6 is 11.6 Å². The molecule has 1 amide bonds. The summed E-state index contributed by atoms with van der Waals surface area (Å²) in [6.07, 6.45) is -1.89. The van der Waals surface area contributed by atoms with Crippen molar-refractivity contribution in [3.8, 4) is 5.69 Å². The van der Waals surface area contributed by atoms with E-state index in [9.17, 15) is 31.6 Å². The van der Waals surface area contributed by atoms with Crippen LogP contribution in [0.2, 0.25) is 5.15 Å². The lowest BCUT2D eigenvalue weighted by Gasteiger charge is -2.23. The van der Waals surface area contributed by atoms with Gasteiger partial charge in [-0.15, -0.1) is 0 Å². The molecule has 0 saturated carbocycles. The molecular formula is C17H21ClF3N4O4S+. The van der Waals surface area contributed by atoms with Crippen molar-refractivity contribution in [2.45, 2.75) is 26.4 Å². The topological polar surface area (TPSA) is 96.4 Å². The quantitative estimate of drug-likeness (QED) is 0.473. The van der Waals surface area contributed by atoms with Crippen molar-refractivity contribution in [2.75, 3.05) is 23.0 Å². The van der Waals surface area contributed by atoms with Crippen LogP contribution in [0.3, 0.4) is 0 Å². The summed E-state index contributed by atoms with van der Waals surface area (Å²) in [7, 11) is -4.09. The van der Waals surface area contributed by atoms with Gasteiger partial charge in [0.1, 0.15) is 11.4 Å². The maximum absolute atomic E-state index is 12.8. The SMILES string of the molecule is CCN(C(=O)C(C)CS(=O)(=O)CCC(F)(F)F)c1cn(-c2ccc[n+](O)c2)nc1Cl. The van der Waals surface area contributed by atoms with Gasteiger partial charge in [-0.1, -0.05) is 18.5 Å². The minimum absolute atomic E-state index is 0.0364. The van der Waals surface area contributed by atoms with E-state index in [1.165, 1.54) is 35.1 Å². The summed E-state index contributed by atoms with van der Waals surface area (Å²) < 4.78 is 63.1. The minimum Gasteiger partial charge on any atom is -0.308 e. The predicted octanol–water partition coefficient (Wildman–Crippen LogP) is 2.41. The van der Waals surface area contributed by atoms with E-state index in [-0.39, 0.29) is 17.4 Å². The molecule has 0 radical (unpaired) electrons. The first-order chi connectivity index (χ1) is 13.8. The van der Waals surface area contributed by atoms with Crippen LogP contribution in [0.1, 0.15) is 20.3 Å². The average Bonchev–Trinajstić information content (AvgIpc) is 3.01. The van der Waals surface area contributed by atoms with Crippen molar-refractivity contribution in [3.63, 3.8) is 0 Å². The monoisotopic (exact) mass is 469 g/mol. The predicted molar refractivity (Wildman–Crippen MR) is 102 cm³/mol. The molecule has 0 aliphatic heterocycles. The molecule has 13 heteroatoms. The number of amides is 1. The van der Waals surface area contributed by atoms with Gasteiger partial charge in [-0.3, -0.25) is 10.0 Å². The van der Waals surface area contributed by atoms with Crippen LogP contribution in [0.15, 0.2) is 30.7 Å². The number of hydrogen-bond acceptors (Lipinski definition) is 5. The van der Waals surface area contributed by atoms with Gasteiger partial charge < -0.3 is 4.90 Å². The maximum Gasteiger partial charge on any atom is 0.390 e. The molecule has 0 spiro atoms. The van der Waals surface area contributed by atoms with Gasteiger partial charge in [0.15, 0.2) is 15.0 Å². The summed E-state index contributed by atoms with van der Waals surface area (Å²) in [5, 5.41) is 13.6. The lowest BCUT2D eigenvalue weighted by Crippen LogP contribution is -2.38. The van der Waals surface area contributed by atoms with Crippen molar-refractivity contribution in [2.24, 2.45) is 5.92 Å². The Kier molecular flexibility index (Phi) is 7.35. The normalized spacial score (nSPS) is 13.3. The van der Waals surface area contributed by atoms with Gasteiger partial charge >= 0.3 is 6.18 Å². The second kappa shape index (κ2) is 9.21. The first-order valence-electron chi connectivity index (χ1n) is 8.87. The molecule has 0 fully saturated rings. The summed E-state index contributed by atoms with van der Waals surface area (Å²) in [5.74, 6) is -3.49. The highest BCUT2D eigenvalue weighted by molar-refractivity contribution is 7.91. The van der Waals surface area contributed by atoms with E-state index in [0.29, 0.717) is 5.69 Å². The Labute approximate surface area is 176 Å². The van der Waals surface area contributed by atoms with E-state index in [0.717, 1.165) is 4.73 Å². The highest BCUT2D eigenvalue weighted by Crippen LogP contribution is 2.27. The molecule has 30 heavy (non-hydrogen) atoms. The van der Waals surface area contributed by atoms with Crippen LogP contribution < -0.4 is 9.63 Å². The van der Waals surface area contributed by atoms with Gasteiger partial charge in [0, 0.05) is 23.3 Å². The van der Waals surface area contributed by atoms with Crippen molar-refractivity contribution in [3.05, 3.63) is 35.9 Å².